The highest BCUT2D eigenvalue weighted by atomic mass is 16.2. The Morgan fingerprint density at radius 1 is 1.47 bits per heavy atom. The molecular formula is C13H19N3O. The van der Waals surface area contributed by atoms with E-state index < -0.39 is 0 Å². The molecule has 2 rings (SSSR count). The number of aromatic nitrogens is 1. The van der Waals surface area contributed by atoms with Crippen molar-refractivity contribution < 1.29 is 4.79 Å². The van der Waals surface area contributed by atoms with E-state index in [9.17, 15) is 4.79 Å². The molecule has 0 aromatic carbocycles. The van der Waals surface area contributed by atoms with Gasteiger partial charge in [0.25, 0.3) is 5.91 Å². The minimum absolute atomic E-state index is 0.0741. The first-order chi connectivity index (χ1) is 8.29. The second-order valence-electron chi connectivity index (χ2n) is 4.49. The first-order valence-corrected chi connectivity index (χ1v) is 6.17. The number of hydrogen-bond acceptors (Lipinski definition) is 3. The molecule has 92 valence electrons. The Hall–Kier alpha value is -1.42. The normalized spacial score (nSPS) is 20.6. The van der Waals surface area contributed by atoms with Gasteiger partial charge in [-0.2, -0.15) is 0 Å². The van der Waals surface area contributed by atoms with Gasteiger partial charge in [0.15, 0.2) is 0 Å². The molecule has 4 heteroatoms. The SMILES string of the molecule is CN(C(=O)c1cccnc1)C1CCCNCC1. The van der Waals surface area contributed by atoms with E-state index in [1.54, 1.807) is 18.5 Å². The maximum absolute atomic E-state index is 12.2. The lowest BCUT2D eigenvalue weighted by molar-refractivity contribution is 0.0720. The Bertz CT molecular complexity index is 358. The van der Waals surface area contributed by atoms with E-state index in [4.69, 9.17) is 0 Å². The van der Waals surface area contributed by atoms with Gasteiger partial charge < -0.3 is 10.2 Å². The van der Waals surface area contributed by atoms with Gasteiger partial charge in [-0.3, -0.25) is 9.78 Å². The van der Waals surface area contributed by atoms with Gasteiger partial charge in [-0.1, -0.05) is 0 Å². The number of amides is 1. The Morgan fingerprint density at radius 3 is 3.12 bits per heavy atom. The van der Waals surface area contributed by atoms with Crippen LogP contribution in [0.1, 0.15) is 29.6 Å². The number of carbonyl (C=O) groups excluding carboxylic acids is 1. The summed E-state index contributed by atoms with van der Waals surface area (Å²) >= 11 is 0. The van der Waals surface area contributed by atoms with Crippen molar-refractivity contribution in [2.75, 3.05) is 20.1 Å². The topological polar surface area (TPSA) is 45.2 Å². The highest BCUT2D eigenvalue weighted by molar-refractivity contribution is 5.93. The van der Waals surface area contributed by atoms with Gasteiger partial charge in [0, 0.05) is 25.5 Å². The predicted octanol–water partition coefficient (Wildman–Crippen LogP) is 1.30. The van der Waals surface area contributed by atoms with E-state index in [0.717, 1.165) is 32.4 Å². The Kier molecular flexibility index (Phi) is 4.09. The van der Waals surface area contributed by atoms with Crippen molar-refractivity contribution >= 4 is 5.91 Å². The molecule has 0 aliphatic carbocycles. The van der Waals surface area contributed by atoms with Crippen LogP contribution in [0.3, 0.4) is 0 Å². The van der Waals surface area contributed by atoms with Gasteiger partial charge >= 0.3 is 0 Å². The number of rotatable bonds is 2. The van der Waals surface area contributed by atoms with Crippen molar-refractivity contribution in [3.8, 4) is 0 Å². The van der Waals surface area contributed by atoms with Crippen molar-refractivity contribution in [2.24, 2.45) is 0 Å². The molecule has 1 fully saturated rings. The number of hydrogen-bond donors (Lipinski definition) is 1. The zero-order chi connectivity index (χ0) is 12.1. The second kappa shape index (κ2) is 5.77. The minimum atomic E-state index is 0.0741. The molecular weight excluding hydrogens is 214 g/mol. The number of nitrogens with zero attached hydrogens (tertiary/aromatic N) is 2. The second-order valence-corrected chi connectivity index (χ2v) is 4.49. The van der Waals surface area contributed by atoms with E-state index in [0.29, 0.717) is 11.6 Å². The highest BCUT2D eigenvalue weighted by Gasteiger charge is 2.21. The fourth-order valence-electron chi connectivity index (χ4n) is 2.25. The van der Waals surface area contributed by atoms with E-state index in [1.807, 2.05) is 18.0 Å². The number of carbonyl (C=O) groups is 1. The van der Waals surface area contributed by atoms with Gasteiger partial charge in [0.1, 0.15) is 0 Å². The van der Waals surface area contributed by atoms with E-state index in [2.05, 4.69) is 10.3 Å². The van der Waals surface area contributed by atoms with Crippen molar-refractivity contribution in [1.82, 2.24) is 15.2 Å². The standard InChI is InChI=1S/C13H19N3O/c1-16(12-5-3-7-14-9-6-12)13(17)11-4-2-8-15-10-11/h2,4,8,10,12,14H,3,5-7,9H2,1H3. The number of pyridine rings is 1. The molecule has 1 amide bonds. The molecule has 0 spiro atoms. The fraction of sp³-hybridized carbons (Fsp3) is 0.538. The third-order valence-corrected chi connectivity index (χ3v) is 3.32. The molecule has 1 atom stereocenters. The minimum Gasteiger partial charge on any atom is -0.339 e. The summed E-state index contributed by atoms with van der Waals surface area (Å²) < 4.78 is 0. The van der Waals surface area contributed by atoms with Crippen LogP contribution in [0.15, 0.2) is 24.5 Å². The molecule has 1 saturated heterocycles. The van der Waals surface area contributed by atoms with Crippen molar-refractivity contribution in [3.05, 3.63) is 30.1 Å². The summed E-state index contributed by atoms with van der Waals surface area (Å²) in [6, 6.07) is 3.97. The molecule has 1 aliphatic rings. The van der Waals surface area contributed by atoms with Gasteiger partial charge in [-0.05, 0) is 44.5 Å². The summed E-state index contributed by atoms with van der Waals surface area (Å²) in [6.07, 6.45) is 6.56. The quantitative estimate of drug-likeness (QED) is 0.837. The van der Waals surface area contributed by atoms with Crippen LogP contribution in [0, 0.1) is 0 Å². The van der Waals surface area contributed by atoms with E-state index >= 15 is 0 Å². The molecule has 0 bridgehead atoms. The highest BCUT2D eigenvalue weighted by Crippen LogP contribution is 2.14. The summed E-state index contributed by atoms with van der Waals surface area (Å²) in [6.45, 7) is 2.06. The molecule has 4 nitrogen and oxygen atoms in total. The summed E-state index contributed by atoms with van der Waals surface area (Å²) in [5.74, 6) is 0.0741. The molecule has 1 aromatic heterocycles. The van der Waals surface area contributed by atoms with Crippen LogP contribution in [0.2, 0.25) is 0 Å². The maximum atomic E-state index is 12.2. The van der Waals surface area contributed by atoms with E-state index in [1.165, 1.54) is 0 Å². The van der Waals surface area contributed by atoms with Crippen LogP contribution in [0.4, 0.5) is 0 Å². The van der Waals surface area contributed by atoms with Crippen molar-refractivity contribution in [1.29, 1.82) is 0 Å². The van der Waals surface area contributed by atoms with Crippen LogP contribution in [0.25, 0.3) is 0 Å². The summed E-state index contributed by atoms with van der Waals surface area (Å²) in [4.78, 5) is 18.1. The first kappa shape index (κ1) is 12.0. The first-order valence-electron chi connectivity index (χ1n) is 6.17. The molecule has 1 aromatic rings. The van der Waals surface area contributed by atoms with E-state index in [-0.39, 0.29) is 5.91 Å². The molecule has 0 saturated carbocycles. The fourth-order valence-corrected chi connectivity index (χ4v) is 2.25. The van der Waals surface area contributed by atoms with Gasteiger partial charge in [0.2, 0.25) is 0 Å². The lowest BCUT2D eigenvalue weighted by Crippen LogP contribution is -2.37. The molecule has 1 aliphatic heterocycles. The van der Waals surface area contributed by atoms with Crippen LogP contribution >= 0.6 is 0 Å². The predicted molar refractivity (Wildman–Crippen MR) is 66.8 cm³/mol. The Balaban J connectivity index is 2.03. The lowest BCUT2D eigenvalue weighted by atomic mass is 10.1. The third kappa shape index (κ3) is 3.03. The smallest absolute Gasteiger partial charge is 0.255 e. The van der Waals surface area contributed by atoms with Crippen LogP contribution < -0.4 is 5.32 Å². The third-order valence-electron chi connectivity index (χ3n) is 3.32. The number of nitrogens with one attached hydrogen (secondary N) is 1. The maximum Gasteiger partial charge on any atom is 0.255 e. The zero-order valence-corrected chi connectivity index (χ0v) is 10.2. The van der Waals surface area contributed by atoms with Crippen LogP contribution in [-0.4, -0.2) is 42.0 Å². The Labute approximate surface area is 102 Å². The average molecular weight is 233 g/mol. The molecule has 0 radical (unpaired) electrons. The van der Waals surface area contributed by atoms with Crippen LogP contribution in [0.5, 0.6) is 0 Å². The Morgan fingerprint density at radius 2 is 2.35 bits per heavy atom. The largest absolute Gasteiger partial charge is 0.339 e. The lowest BCUT2D eigenvalue weighted by Gasteiger charge is -2.27. The van der Waals surface area contributed by atoms with Gasteiger partial charge in [-0.15, -0.1) is 0 Å². The van der Waals surface area contributed by atoms with Crippen molar-refractivity contribution in [3.63, 3.8) is 0 Å². The summed E-state index contributed by atoms with van der Waals surface area (Å²) in [5, 5.41) is 3.36. The van der Waals surface area contributed by atoms with Crippen molar-refractivity contribution in [2.45, 2.75) is 25.3 Å². The zero-order valence-electron chi connectivity index (χ0n) is 10.2. The van der Waals surface area contributed by atoms with Crippen LogP contribution in [-0.2, 0) is 0 Å². The van der Waals surface area contributed by atoms with Gasteiger partial charge in [-0.25, -0.2) is 0 Å². The summed E-state index contributed by atoms with van der Waals surface area (Å²) in [7, 11) is 1.89. The average Bonchev–Trinajstić information content (AvgIpc) is 2.67. The monoisotopic (exact) mass is 233 g/mol. The molecule has 17 heavy (non-hydrogen) atoms. The molecule has 1 N–H and O–H groups in total. The van der Waals surface area contributed by atoms with Gasteiger partial charge in [0.05, 0.1) is 5.56 Å². The molecule has 2 heterocycles. The summed E-state index contributed by atoms with van der Waals surface area (Å²) in [5.41, 5.74) is 0.673. The molecule has 1 unspecified atom stereocenters.